The molecule has 6 aliphatic rings. The van der Waals surface area contributed by atoms with Crippen molar-refractivity contribution in [2.24, 2.45) is 28.3 Å². The summed E-state index contributed by atoms with van der Waals surface area (Å²) in [5.41, 5.74) is 15.8. The molecule has 0 aromatic heterocycles. The van der Waals surface area contributed by atoms with E-state index < -0.39 is 33.6 Å². The molecule has 6 bridgehead atoms. The van der Waals surface area contributed by atoms with Crippen LogP contribution in [-0.2, 0) is 21.3 Å². The normalized spacial score (nSPS) is 27.1. The summed E-state index contributed by atoms with van der Waals surface area (Å²) in [4.78, 5) is 4.31. The molecule has 1 fully saturated rings. The van der Waals surface area contributed by atoms with Crippen LogP contribution >= 0.6 is 0 Å². The molecular weight excluding hydrogens is 629 g/mol. The summed E-state index contributed by atoms with van der Waals surface area (Å²) in [6, 6.07) is 21.8. The van der Waals surface area contributed by atoms with Gasteiger partial charge in [-0.1, -0.05) is 54.6 Å². The van der Waals surface area contributed by atoms with Gasteiger partial charge in [0.1, 0.15) is 17.6 Å². The second-order valence-corrected chi connectivity index (χ2v) is 14.1. The maximum Gasteiger partial charge on any atom is 1.00 e. The fraction of sp³-hybridized carbons (Fsp3) is 0.400. The van der Waals surface area contributed by atoms with Crippen molar-refractivity contribution < 1.29 is 62.2 Å². The summed E-state index contributed by atoms with van der Waals surface area (Å²) in [6.45, 7) is 0.0288. The van der Waals surface area contributed by atoms with Gasteiger partial charge >= 0.3 is 29.6 Å². The summed E-state index contributed by atoms with van der Waals surface area (Å²) in [5.74, 6) is -0.384. The molecule has 6 N–H and O–H groups in total. The van der Waals surface area contributed by atoms with Crippen LogP contribution in [0.4, 0.5) is 0 Å². The number of fused-ring (bicyclic) bond motifs is 2. The number of aliphatic imine (C=N–C) groups is 1. The molecule has 1 aliphatic carbocycles. The van der Waals surface area contributed by atoms with Crippen LogP contribution in [-0.4, -0.2) is 47.1 Å². The largest absolute Gasteiger partial charge is 1.00 e. The van der Waals surface area contributed by atoms with E-state index in [1.807, 2.05) is 54.6 Å². The molecule has 0 amide bonds. The molecule has 3 aromatic rings. The van der Waals surface area contributed by atoms with Crippen LogP contribution in [0.2, 0.25) is 0 Å². The predicted octanol–water partition coefficient (Wildman–Crippen LogP) is 1.56. The number of allylic oxidation sites excluding steroid dienone is 1. The molecule has 0 saturated carbocycles. The Balaban J connectivity index is 0.00000433. The van der Waals surface area contributed by atoms with Gasteiger partial charge in [0.05, 0.1) is 21.5 Å². The molecular formula is C35H40N3NaO7S. The summed E-state index contributed by atoms with van der Waals surface area (Å²) in [5, 5.41) is 18.4. The first kappa shape index (κ1) is 35.4. The maximum atomic E-state index is 13.2. The molecule has 0 radical (unpaired) electrons. The number of aliphatic hydroxyl groups excluding tert-OH is 1. The standard InChI is InChI=1S/C35H41N3O7S.Na/c36-35(37)38-34-24-8-6-22(7-9-24)32-25-18-26(33(23-10-12-27(40)13-11-23)44-29(19-25)2-1-17-39)20-30(32)31(46(41,42)43)16-5-21-3-14-28(45-34)15-4-21;/h3-4,6-15,20,25,29-34,39-40H,1-2,5,16-19H2,(H4,36,37,38)(H,41,42,43);/q;+1/p-1. The number of guanidine groups is 1. The van der Waals surface area contributed by atoms with Gasteiger partial charge in [0.25, 0.3) is 0 Å². The first-order chi connectivity index (χ1) is 22.1. The van der Waals surface area contributed by atoms with Crippen LogP contribution in [0.5, 0.6) is 11.5 Å². The zero-order chi connectivity index (χ0) is 32.4. The van der Waals surface area contributed by atoms with E-state index in [2.05, 4.69) is 4.99 Å². The van der Waals surface area contributed by atoms with Crippen LogP contribution in [0.3, 0.4) is 0 Å². The van der Waals surface area contributed by atoms with Gasteiger partial charge in [-0.15, -0.1) is 0 Å². The third-order valence-electron chi connectivity index (χ3n) is 9.50. The van der Waals surface area contributed by atoms with Crippen LogP contribution in [0.15, 0.2) is 89.4 Å². The number of aliphatic hydroxyl groups is 1. The molecule has 7 atom stereocenters. The Bertz CT molecular complexity index is 1680. The number of aryl methyl sites for hydroxylation is 1. The third-order valence-corrected chi connectivity index (χ3v) is 10.8. The van der Waals surface area contributed by atoms with Gasteiger partial charge in [0.2, 0.25) is 6.23 Å². The number of nitrogens with zero attached hydrogens (tertiary/aromatic N) is 1. The van der Waals surface area contributed by atoms with Crippen LogP contribution in [0.25, 0.3) is 0 Å². The molecule has 1 saturated heterocycles. The van der Waals surface area contributed by atoms with Crippen molar-refractivity contribution in [3.63, 3.8) is 0 Å². The predicted molar refractivity (Wildman–Crippen MR) is 173 cm³/mol. The zero-order valence-corrected chi connectivity index (χ0v) is 29.3. The van der Waals surface area contributed by atoms with Gasteiger partial charge in [-0.3, -0.25) is 0 Å². The molecule has 7 unspecified atom stereocenters. The topological polar surface area (TPSA) is 181 Å². The van der Waals surface area contributed by atoms with E-state index in [4.69, 9.17) is 20.9 Å². The first-order valence-electron chi connectivity index (χ1n) is 15.7. The molecule has 9 rings (SSSR count). The molecule has 47 heavy (non-hydrogen) atoms. The van der Waals surface area contributed by atoms with Crippen molar-refractivity contribution in [2.45, 2.75) is 68.1 Å². The number of phenolic OH excluding ortho intramolecular Hbond substituents is 1. The summed E-state index contributed by atoms with van der Waals surface area (Å²) in [7, 11) is -4.73. The van der Waals surface area contributed by atoms with Crippen molar-refractivity contribution in [3.8, 4) is 11.5 Å². The van der Waals surface area contributed by atoms with Crippen molar-refractivity contribution in [3.05, 3.63) is 107 Å². The first-order valence-corrected chi connectivity index (χ1v) is 17.2. The van der Waals surface area contributed by atoms with E-state index in [1.54, 1.807) is 24.3 Å². The second-order valence-electron chi connectivity index (χ2n) is 12.5. The molecule has 5 aliphatic heterocycles. The average Bonchev–Trinajstić information content (AvgIpc) is 3.16. The number of nitrogens with two attached hydrogens (primary N) is 2. The summed E-state index contributed by atoms with van der Waals surface area (Å²) < 4.78 is 52.4. The minimum absolute atomic E-state index is 0. The molecule has 244 valence electrons. The Hall–Kier alpha value is -2.90. The SMILES string of the molecule is NC(N)=NC1Oc2ccc(cc2)CCC(S(=O)(=O)[O-])C2C=C3CC(CC(CCCO)OC3c3ccc(O)cc3)C2c2ccc1cc2.[Na+]. The number of aromatic hydroxyl groups is 1. The number of hydrogen-bond donors (Lipinski definition) is 4. The molecule has 3 aromatic carbocycles. The van der Waals surface area contributed by atoms with Gasteiger partial charge in [0.15, 0.2) is 5.96 Å². The average molecular weight is 670 g/mol. The van der Waals surface area contributed by atoms with Crippen molar-refractivity contribution >= 4 is 16.1 Å². The molecule has 0 spiro atoms. The summed E-state index contributed by atoms with van der Waals surface area (Å²) >= 11 is 0. The molecule has 10 nitrogen and oxygen atoms in total. The van der Waals surface area contributed by atoms with E-state index in [9.17, 15) is 23.2 Å². The monoisotopic (exact) mass is 669 g/mol. The number of phenols is 1. The quantitative estimate of drug-likeness (QED) is 0.0996. The third kappa shape index (κ3) is 8.22. The number of hydrogen-bond acceptors (Lipinski definition) is 8. The van der Waals surface area contributed by atoms with Crippen LogP contribution in [0.1, 0.15) is 72.6 Å². The van der Waals surface area contributed by atoms with Gasteiger partial charge in [-0.2, -0.15) is 0 Å². The van der Waals surface area contributed by atoms with Gasteiger partial charge in [0, 0.05) is 12.2 Å². The Morgan fingerprint density at radius 1 is 0.957 bits per heavy atom. The molecule has 5 heterocycles. The van der Waals surface area contributed by atoms with Gasteiger partial charge < -0.3 is 35.7 Å². The van der Waals surface area contributed by atoms with Gasteiger partial charge in [-0.05, 0) is 103 Å². The van der Waals surface area contributed by atoms with E-state index in [1.165, 1.54) is 0 Å². The Morgan fingerprint density at radius 3 is 2.26 bits per heavy atom. The number of benzene rings is 3. The Morgan fingerprint density at radius 2 is 1.62 bits per heavy atom. The molecule has 12 heteroatoms. The van der Waals surface area contributed by atoms with Crippen molar-refractivity contribution in [1.82, 2.24) is 0 Å². The summed E-state index contributed by atoms with van der Waals surface area (Å²) in [6.07, 6.45) is 3.50. The fourth-order valence-electron chi connectivity index (χ4n) is 7.43. The van der Waals surface area contributed by atoms with E-state index in [0.717, 1.165) is 22.3 Å². The Labute approximate surface area is 297 Å². The number of rotatable bonds is 6. The fourth-order valence-corrected chi connectivity index (χ4v) is 8.47. The van der Waals surface area contributed by atoms with Crippen LogP contribution < -0.4 is 45.8 Å². The minimum Gasteiger partial charge on any atom is -0.748 e. The number of ether oxygens (including phenoxy) is 2. The van der Waals surface area contributed by atoms with E-state index in [0.29, 0.717) is 43.4 Å². The Kier molecular flexibility index (Phi) is 11.4. The van der Waals surface area contributed by atoms with Crippen molar-refractivity contribution in [2.75, 3.05) is 6.61 Å². The van der Waals surface area contributed by atoms with E-state index in [-0.39, 0.29) is 72.2 Å². The van der Waals surface area contributed by atoms with Crippen molar-refractivity contribution in [1.29, 1.82) is 0 Å². The van der Waals surface area contributed by atoms with Crippen LogP contribution in [0, 0.1) is 11.8 Å². The van der Waals surface area contributed by atoms with Gasteiger partial charge in [-0.25, -0.2) is 13.4 Å². The maximum absolute atomic E-state index is 13.2. The minimum atomic E-state index is -4.73. The second kappa shape index (κ2) is 15.1. The smallest absolute Gasteiger partial charge is 0.748 e. The zero-order valence-electron chi connectivity index (χ0n) is 26.4. The van der Waals surface area contributed by atoms with E-state index >= 15 is 0 Å².